The third kappa shape index (κ3) is 5.33. The molecule has 1 aliphatic rings. The van der Waals surface area contributed by atoms with Crippen molar-refractivity contribution in [1.82, 2.24) is 0 Å². The van der Waals surface area contributed by atoms with E-state index in [1.165, 1.54) is 5.57 Å². The Morgan fingerprint density at radius 2 is 0.725 bits per heavy atom. The van der Waals surface area contributed by atoms with Gasteiger partial charge >= 0.3 is 0 Å². The van der Waals surface area contributed by atoms with E-state index in [9.17, 15) is 15.3 Å². The summed E-state index contributed by atoms with van der Waals surface area (Å²) in [6.07, 6.45) is 5.27. The second-order valence-corrected chi connectivity index (χ2v) is 9.92. The highest BCUT2D eigenvalue weighted by molar-refractivity contribution is 5.81. The van der Waals surface area contributed by atoms with E-state index in [4.69, 9.17) is 0 Å². The Morgan fingerprint density at radius 3 is 1.07 bits per heavy atom. The van der Waals surface area contributed by atoms with Crippen LogP contribution in [0.4, 0.5) is 17.1 Å². The number of anilines is 3. The van der Waals surface area contributed by atoms with Gasteiger partial charge in [-0.2, -0.15) is 0 Å². The summed E-state index contributed by atoms with van der Waals surface area (Å²) < 4.78 is 0. The van der Waals surface area contributed by atoms with Crippen LogP contribution in [0.3, 0.4) is 0 Å². The highest BCUT2D eigenvalue weighted by atomic mass is 16.3. The number of allylic oxidation sites excluding steroid dienone is 4. The number of rotatable bonds is 6. The van der Waals surface area contributed by atoms with Gasteiger partial charge in [-0.25, -0.2) is 0 Å². The molecule has 40 heavy (non-hydrogen) atoms. The van der Waals surface area contributed by atoms with E-state index >= 15 is 0 Å². The maximum Gasteiger partial charge on any atom is 0.115 e. The summed E-state index contributed by atoms with van der Waals surface area (Å²) in [6, 6.07) is 39.8. The van der Waals surface area contributed by atoms with E-state index in [0.717, 1.165) is 51.3 Å². The summed E-state index contributed by atoms with van der Waals surface area (Å²) in [5.74, 6) is 0.933. The van der Waals surface area contributed by atoms with Crippen molar-refractivity contribution in [3.05, 3.63) is 145 Å². The Balaban J connectivity index is 1.36. The summed E-state index contributed by atoms with van der Waals surface area (Å²) in [4.78, 5) is 2.23. The van der Waals surface area contributed by atoms with Gasteiger partial charge in [0.15, 0.2) is 0 Å². The van der Waals surface area contributed by atoms with Crippen molar-refractivity contribution in [3.63, 3.8) is 0 Å². The molecule has 0 saturated heterocycles. The minimum Gasteiger partial charge on any atom is -0.512 e. The summed E-state index contributed by atoms with van der Waals surface area (Å²) in [7, 11) is 0. The number of hydrogen-bond acceptors (Lipinski definition) is 4. The van der Waals surface area contributed by atoms with E-state index < -0.39 is 0 Å². The smallest absolute Gasteiger partial charge is 0.115 e. The zero-order chi connectivity index (χ0) is 27.5. The van der Waals surface area contributed by atoms with Crippen molar-refractivity contribution in [2.75, 3.05) is 4.90 Å². The molecule has 4 nitrogen and oxygen atoms in total. The fraction of sp³-hybridized carbons (Fsp3) is 0.0556. The molecule has 0 saturated carbocycles. The molecule has 0 radical (unpaired) electrons. The Morgan fingerprint density at radius 1 is 0.375 bits per heavy atom. The molecule has 196 valence electrons. The average Bonchev–Trinajstić information content (AvgIpc) is 3.00. The molecule has 5 aromatic carbocycles. The molecule has 5 aromatic rings. The molecular weight excluding hydrogens is 494 g/mol. The average molecular weight is 524 g/mol. The molecule has 0 spiro atoms. The first-order chi connectivity index (χ1) is 19.5. The van der Waals surface area contributed by atoms with Gasteiger partial charge in [0.25, 0.3) is 0 Å². The molecule has 3 N–H and O–H groups in total. The molecule has 1 aliphatic carbocycles. The predicted molar refractivity (Wildman–Crippen MR) is 163 cm³/mol. The number of aliphatic hydroxyl groups is 1. The fourth-order valence-corrected chi connectivity index (χ4v) is 5.05. The summed E-state index contributed by atoms with van der Waals surface area (Å²) in [6.45, 7) is 0. The molecule has 4 heteroatoms. The molecule has 0 unspecified atom stereocenters. The van der Waals surface area contributed by atoms with Crippen molar-refractivity contribution in [1.29, 1.82) is 0 Å². The first-order valence-electron chi connectivity index (χ1n) is 13.3. The van der Waals surface area contributed by atoms with E-state index in [-0.39, 0.29) is 11.5 Å². The van der Waals surface area contributed by atoms with Crippen molar-refractivity contribution in [2.45, 2.75) is 12.8 Å². The van der Waals surface area contributed by atoms with E-state index in [1.807, 2.05) is 30.3 Å². The summed E-state index contributed by atoms with van der Waals surface area (Å²) in [5.41, 5.74) is 9.68. The van der Waals surface area contributed by atoms with Crippen LogP contribution in [-0.4, -0.2) is 15.3 Å². The first kappa shape index (κ1) is 25.1. The van der Waals surface area contributed by atoms with Crippen LogP contribution in [0.15, 0.2) is 139 Å². The van der Waals surface area contributed by atoms with Gasteiger partial charge < -0.3 is 20.2 Å². The lowest BCUT2D eigenvalue weighted by atomic mass is 9.96. The zero-order valence-corrected chi connectivity index (χ0v) is 21.9. The lowest BCUT2D eigenvalue weighted by molar-refractivity contribution is 0.388. The topological polar surface area (TPSA) is 63.9 Å². The van der Waals surface area contributed by atoms with Crippen LogP contribution in [0.1, 0.15) is 18.4 Å². The van der Waals surface area contributed by atoms with Crippen molar-refractivity contribution in [3.8, 4) is 33.8 Å². The highest BCUT2D eigenvalue weighted by Gasteiger charge is 2.15. The second kappa shape index (κ2) is 10.9. The Hall–Kier alpha value is -5.22. The van der Waals surface area contributed by atoms with E-state index in [1.54, 1.807) is 30.3 Å². The van der Waals surface area contributed by atoms with Gasteiger partial charge in [0, 0.05) is 23.5 Å². The second-order valence-electron chi connectivity index (χ2n) is 9.92. The monoisotopic (exact) mass is 523 g/mol. The van der Waals surface area contributed by atoms with Crippen LogP contribution in [0.2, 0.25) is 0 Å². The van der Waals surface area contributed by atoms with Gasteiger partial charge in [0.05, 0.1) is 5.76 Å². The number of aromatic hydroxyl groups is 2. The molecule has 0 bridgehead atoms. The van der Waals surface area contributed by atoms with Crippen molar-refractivity contribution >= 4 is 22.6 Å². The molecular formula is C36H29NO3. The fourth-order valence-electron chi connectivity index (χ4n) is 5.05. The van der Waals surface area contributed by atoms with Crippen molar-refractivity contribution in [2.24, 2.45) is 0 Å². The largest absolute Gasteiger partial charge is 0.512 e. The molecule has 0 atom stereocenters. The molecule has 6 rings (SSSR count). The quantitative estimate of drug-likeness (QED) is 0.207. The maximum absolute atomic E-state index is 9.74. The standard InChI is InChI=1S/C36H29NO3/c38-34-19-7-28(8-20-34)25-1-13-31(14-2-25)37(32-15-3-26(4-16-32)29-9-21-35(39)22-10-29)33-17-5-27(6-18-33)30-11-23-36(40)24-12-30/h1-11,13-23,38-40H,12,24H2. The minimum atomic E-state index is 0.252. The summed E-state index contributed by atoms with van der Waals surface area (Å²) in [5, 5.41) is 29.1. The predicted octanol–water partition coefficient (Wildman–Crippen LogP) is 9.52. The summed E-state index contributed by atoms with van der Waals surface area (Å²) >= 11 is 0. The number of phenolic OH excluding ortho intramolecular Hbond substituents is 2. The number of phenols is 2. The third-order valence-electron chi connectivity index (χ3n) is 7.28. The van der Waals surface area contributed by atoms with Crippen LogP contribution in [0, 0.1) is 0 Å². The van der Waals surface area contributed by atoms with Gasteiger partial charge in [0.1, 0.15) is 11.5 Å². The van der Waals surface area contributed by atoms with E-state index in [2.05, 4.69) is 77.7 Å². The van der Waals surface area contributed by atoms with Gasteiger partial charge in [-0.1, -0.05) is 66.7 Å². The maximum atomic E-state index is 9.74. The molecule has 0 aromatic heterocycles. The van der Waals surface area contributed by atoms with Gasteiger partial charge in [-0.15, -0.1) is 0 Å². The molecule has 0 amide bonds. The number of hydrogen-bond donors (Lipinski definition) is 3. The van der Waals surface area contributed by atoms with Crippen LogP contribution < -0.4 is 4.90 Å². The van der Waals surface area contributed by atoms with Gasteiger partial charge in [-0.05, 0) is 107 Å². The number of aliphatic hydroxyl groups excluding tert-OH is 1. The molecule has 0 heterocycles. The van der Waals surface area contributed by atoms with Gasteiger partial charge in [0.2, 0.25) is 0 Å². The van der Waals surface area contributed by atoms with Crippen LogP contribution in [0.25, 0.3) is 27.8 Å². The third-order valence-corrected chi connectivity index (χ3v) is 7.28. The zero-order valence-electron chi connectivity index (χ0n) is 21.9. The molecule has 0 fully saturated rings. The Bertz CT molecular complexity index is 1580. The minimum absolute atomic E-state index is 0.252. The van der Waals surface area contributed by atoms with Crippen LogP contribution in [-0.2, 0) is 0 Å². The lowest BCUT2D eigenvalue weighted by Crippen LogP contribution is -2.10. The lowest BCUT2D eigenvalue weighted by Gasteiger charge is -2.26. The Labute approximate surface area is 234 Å². The number of benzene rings is 5. The SMILES string of the molecule is OC1=CC=C(c2ccc(N(c3ccc(-c4ccc(O)cc4)cc3)c3ccc(-c4ccc(O)cc4)cc3)cc2)CC1. The van der Waals surface area contributed by atoms with Crippen molar-refractivity contribution < 1.29 is 15.3 Å². The molecule has 0 aliphatic heterocycles. The van der Waals surface area contributed by atoms with E-state index in [0.29, 0.717) is 12.2 Å². The van der Waals surface area contributed by atoms with Crippen LogP contribution >= 0.6 is 0 Å². The first-order valence-corrected chi connectivity index (χ1v) is 13.3. The van der Waals surface area contributed by atoms with Gasteiger partial charge in [-0.3, -0.25) is 0 Å². The normalized spacial score (nSPS) is 12.9. The van der Waals surface area contributed by atoms with Crippen LogP contribution in [0.5, 0.6) is 11.5 Å². The number of nitrogens with zero attached hydrogens (tertiary/aromatic N) is 1. The Kier molecular flexibility index (Phi) is 6.82. The highest BCUT2D eigenvalue weighted by Crippen LogP contribution is 2.38.